The van der Waals surface area contributed by atoms with E-state index in [9.17, 15) is 14.4 Å². The molecule has 3 N–H and O–H groups in total. The molecule has 6 heteroatoms. The van der Waals surface area contributed by atoms with E-state index in [-0.39, 0.29) is 16.7 Å². The zero-order valence-corrected chi connectivity index (χ0v) is 14.9. The molecule has 24 heavy (non-hydrogen) atoms. The van der Waals surface area contributed by atoms with E-state index in [0.29, 0.717) is 0 Å². The number of aliphatic carboxylic acids is 3. The van der Waals surface area contributed by atoms with E-state index < -0.39 is 17.9 Å². The lowest BCUT2D eigenvalue weighted by atomic mass is 10.4. The van der Waals surface area contributed by atoms with Crippen molar-refractivity contribution >= 4 is 17.9 Å². The molecule has 0 radical (unpaired) electrons. The van der Waals surface area contributed by atoms with Crippen molar-refractivity contribution in [3.05, 3.63) is 75.9 Å². The molecule has 0 saturated heterocycles. The van der Waals surface area contributed by atoms with Crippen molar-refractivity contribution in [1.82, 2.24) is 0 Å². The van der Waals surface area contributed by atoms with Gasteiger partial charge in [0.2, 0.25) is 0 Å². The molecule has 0 aromatic heterocycles. The monoisotopic (exact) mass is 342 g/mol. The summed E-state index contributed by atoms with van der Waals surface area (Å²) in [4.78, 5) is 28.8. The first kappa shape index (κ1) is 37.3. The summed E-state index contributed by atoms with van der Waals surface area (Å²) >= 11 is 0. The molecule has 0 saturated carbocycles. The van der Waals surface area contributed by atoms with E-state index in [0.717, 1.165) is 0 Å². The molecule has 0 aromatic carbocycles. The van der Waals surface area contributed by atoms with Crippen LogP contribution in [0.25, 0.3) is 0 Å². The molecule has 138 valence electrons. The van der Waals surface area contributed by atoms with E-state index >= 15 is 0 Å². The lowest BCUT2D eigenvalue weighted by Crippen LogP contribution is -1.92. The number of carboxylic acid groups (broad SMARTS) is 3. The predicted molar refractivity (Wildman–Crippen MR) is 101 cm³/mol. The lowest BCUT2D eigenvalue weighted by Gasteiger charge is -1.79. The van der Waals surface area contributed by atoms with Gasteiger partial charge in [0.25, 0.3) is 0 Å². The largest absolute Gasteiger partial charge is 0.478 e. The van der Waals surface area contributed by atoms with Crippen molar-refractivity contribution in [2.45, 2.75) is 20.8 Å². The smallest absolute Gasteiger partial charge is 0.330 e. The fourth-order valence-electron chi connectivity index (χ4n) is 0. The summed E-state index contributed by atoms with van der Waals surface area (Å²) in [5.41, 5.74) is 0.528. The Morgan fingerprint density at radius 3 is 0.542 bits per heavy atom. The van der Waals surface area contributed by atoms with Crippen LogP contribution in [-0.2, 0) is 14.4 Å². The maximum Gasteiger partial charge on any atom is 0.330 e. The maximum absolute atomic E-state index is 9.60. The van der Waals surface area contributed by atoms with Crippen LogP contribution in [0.3, 0.4) is 0 Å². The average Bonchev–Trinajstić information content (AvgIpc) is 2.54. The molecule has 0 aliphatic heterocycles. The predicted octanol–water partition coefficient (Wildman–Crippen LogP) is 4.35. The molecule has 6 nitrogen and oxygen atoms in total. The summed E-state index contributed by atoms with van der Waals surface area (Å²) in [6, 6.07) is 0. The Hall–Kier alpha value is -3.15. The van der Waals surface area contributed by atoms with Gasteiger partial charge in [0.1, 0.15) is 0 Å². The molecule has 0 atom stereocenters. The van der Waals surface area contributed by atoms with Crippen molar-refractivity contribution in [2.24, 2.45) is 0 Å². The van der Waals surface area contributed by atoms with Crippen LogP contribution in [0.5, 0.6) is 0 Å². The minimum Gasteiger partial charge on any atom is -0.478 e. The highest BCUT2D eigenvalue weighted by molar-refractivity contribution is 5.85. The molecular formula is C18H30O6. The third-order valence-corrected chi connectivity index (χ3v) is 1.10. The Morgan fingerprint density at radius 2 is 0.542 bits per heavy atom. The Morgan fingerprint density at radius 1 is 0.500 bits per heavy atom. The highest BCUT2D eigenvalue weighted by atomic mass is 16.4. The number of carboxylic acids is 3. The van der Waals surface area contributed by atoms with E-state index in [1.165, 1.54) is 20.8 Å². The summed E-state index contributed by atoms with van der Waals surface area (Å²) in [5.74, 6) is -2.81. The van der Waals surface area contributed by atoms with E-state index in [1.807, 2.05) is 0 Å². The van der Waals surface area contributed by atoms with Gasteiger partial charge in [-0.3, -0.25) is 0 Å². The summed E-state index contributed by atoms with van der Waals surface area (Å²) in [5, 5.41) is 23.7. The standard InChI is InChI=1S/3C4H6O2.3C2H4/c3*1-3(2)4(5)6;3*1-2/h3*1H2,2H3,(H,5,6);3*1-2H2. The summed E-state index contributed by atoms with van der Waals surface area (Å²) in [6.07, 6.45) is 0. The lowest BCUT2D eigenvalue weighted by molar-refractivity contribution is -0.133. The zero-order valence-electron chi connectivity index (χ0n) is 14.9. The van der Waals surface area contributed by atoms with Gasteiger partial charge in [-0.05, 0) is 20.8 Å². The average molecular weight is 342 g/mol. The van der Waals surface area contributed by atoms with Gasteiger partial charge in [0, 0.05) is 16.7 Å². The highest BCUT2D eigenvalue weighted by Crippen LogP contribution is 1.82. The number of hydrogen-bond donors (Lipinski definition) is 3. The molecule has 0 aliphatic rings. The van der Waals surface area contributed by atoms with Gasteiger partial charge in [0.15, 0.2) is 0 Å². The SMILES string of the molecule is C=C.C=C.C=C.C=C(C)C(=O)O.C=C(C)C(=O)O.C=C(C)C(=O)O. The highest BCUT2D eigenvalue weighted by Gasteiger charge is 1.91. The third kappa shape index (κ3) is 76.7. The van der Waals surface area contributed by atoms with Gasteiger partial charge in [-0.2, -0.15) is 0 Å². The summed E-state index contributed by atoms with van der Waals surface area (Å²) in [7, 11) is 0. The van der Waals surface area contributed by atoms with Gasteiger partial charge in [-0.25, -0.2) is 14.4 Å². The second-order valence-corrected chi connectivity index (χ2v) is 3.26. The second-order valence-electron chi connectivity index (χ2n) is 3.26. The molecule has 0 bridgehead atoms. The van der Waals surface area contributed by atoms with Crippen LogP contribution in [-0.4, -0.2) is 33.2 Å². The summed E-state index contributed by atoms with van der Waals surface area (Å²) < 4.78 is 0. The molecule has 0 aromatic rings. The first-order valence-electron chi connectivity index (χ1n) is 6.09. The number of hydrogen-bond acceptors (Lipinski definition) is 3. The first-order valence-corrected chi connectivity index (χ1v) is 6.09. The Kier molecular flexibility index (Phi) is 49.6. The van der Waals surface area contributed by atoms with Crippen molar-refractivity contribution in [3.8, 4) is 0 Å². The van der Waals surface area contributed by atoms with Gasteiger partial charge < -0.3 is 15.3 Å². The molecule has 0 amide bonds. The number of rotatable bonds is 3. The van der Waals surface area contributed by atoms with Crippen LogP contribution in [0.2, 0.25) is 0 Å². The first-order chi connectivity index (χ1) is 10.9. The topological polar surface area (TPSA) is 112 Å². The fraction of sp³-hybridized carbons (Fsp3) is 0.167. The third-order valence-electron chi connectivity index (χ3n) is 1.10. The van der Waals surface area contributed by atoms with Crippen LogP contribution < -0.4 is 0 Å². The quantitative estimate of drug-likeness (QED) is 0.519. The normalized spacial score (nSPS) is 6.12. The summed E-state index contributed by atoms with van der Waals surface area (Å²) in [6.45, 7) is 31.8. The van der Waals surface area contributed by atoms with E-state index in [1.54, 1.807) is 0 Å². The molecule has 0 heterocycles. The zero-order chi connectivity index (χ0) is 21.5. The molecule has 0 aliphatic carbocycles. The van der Waals surface area contributed by atoms with Crippen molar-refractivity contribution in [2.75, 3.05) is 0 Å². The van der Waals surface area contributed by atoms with Gasteiger partial charge >= 0.3 is 17.9 Å². The van der Waals surface area contributed by atoms with Crippen LogP contribution >= 0.6 is 0 Å². The fourth-order valence-corrected chi connectivity index (χ4v) is 0. The van der Waals surface area contributed by atoms with Crippen LogP contribution in [0.15, 0.2) is 75.9 Å². The van der Waals surface area contributed by atoms with E-state index in [2.05, 4.69) is 59.2 Å². The molecular weight excluding hydrogens is 312 g/mol. The number of carbonyl (C=O) groups is 3. The Bertz CT molecular complexity index is 310. The van der Waals surface area contributed by atoms with Crippen LogP contribution in [0.4, 0.5) is 0 Å². The maximum atomic E-state index is 9.60. The van der Waals surface area contributed by atoms with Crippen molar-refractivity contribution in [3.63, 3.8) is 0 Å². The Balaban J connectivity index is -0.0000000436. The van der Waals surface area contributed by atoms with Gasteiger partial charge in [0.05, 0.1) is 0 Å². The Labute approximate surface area is 145 Å². The molecule has 0 fully saturated rings. The van der Waals surface area contributed by atoms with Gasteiger partial charge in [-0.15, -0.1) is 39.5 Å². The second kappa shape index (κ2) is 32.0. The van der Waals surface area contributed by atoms with Crippen LogP contribution in [0, 0.1) is 0 Å². The molecule has 0 rings (SSSR count). The van der Waals surface area contributed by atoms with E-state index in [4.69, 9.17) is 15.3 Å². The minimum absolute atomic E-state index is 0.176. The van der Waals surface area contributed by atoms with Crippen molar-refractivity contribution in [1.29, 1.82) is 0 Å². The molecule has 0 spiro atoms. The molecule has 0 unspecified atom stereocenters. The van der Waals surface area contributed by atoms with Gasteiger partial charge in [-0.1, -0.05) is 19.7 Å². The van der Waals surface area contributed by atoms with Crippen molar-refractivity contribution < 1.29 is 29.7 Å². The minimum atomic E-state index is -0.935. The van der Waals surface area contributed by atoms with Crippen LogP contribution in [0.1, 0.15) is 20.8 Å².